The fourth-order valence-electron chi connectivity index (χ4n) is 2.94. The number of nitrogens with one attached hydrogen (secondary N) is 2. The van der Waals surface area contributed by atoms with Crippen molar-refractivity contribution in [2.45, 2.75) is 52.4 Å². The molecule has 0 heterocycles. The van der Waals surface area contributed by atoms with Gasteiger partial charge >= 0.3 is 0 Å². The van der Waals surface area contributed by atoms with Gasteiger partial charge in [0.1, 0.15) is 0 Å². The molecule has 1 fully saturated rings. The summed E-state index contributed by atoms with van der Waals surface area (Å²) in [6, 6.07) is 5.01. The van der Waals surface area contributed by atoms with Crippen molar-refractivity contribution < 1.29 is 9.59 Å². The average Bonchev–Trinajstić information content (AvgIpc) is 2.57. The Kier molecular flexibility index (Phi) is 7.10. The maximum atomic E-state index is 12.4. The minimum absolute atomic E-state index is 0.00830. The summed E-state index contributed by atoms with van der Waals surface area (Å²) in [4.78, 5) is 24.6. The Bertz CT molecular complexity index is 581. The van der Waals surface area contributed by atoms with Crippen molar-refractivity contribution in [1.29, 1.82) is 0 Å². The van der Waals surface area contributed by atoms with Gasteiger partial charge < -0.3 is 10.6 Å². The molecule has 0 radical (unpaired) electrons. The molecule has 0 unspecified atom stereocenters. The molecule has 2 amide bonds. The molecule has 4 nitrogen and oxygen atoms in total. The van der Waals surface area contributed by atoms with Gasteiger partial charge in [0, 0.05) is 18.0 Å². The third-order valence-corrected chi connectivity index (χ3v) is 4.80. The van der Waals surface area contributed by atoms with Crippen LogP contribution in [0.4, 0.5) is 5.69 Å². The van der Waals surface area contributed by atoms with Crippen LogP contribution in [0.1, 0.15) is 62.7 Å². The molecule has 0 aromatic heterocycles. The number of hydrogen-bond acceptors (Lipinski definition) is 2. The highest BCUT2D eigenvalue weighted by molar-refractivity contribution is 6.33. The van der Waals surface area contributed by atoms with Crippen molar-refractivity contribution in [3.05, 3.63) is 28.8 Å². The molecule has 0 aliphatic heterocycles. The number of rotatable bonds is 6. The molecule has 1 saturated carbocycles. The fourth-order valence-corrected chi connectivity index (χ4v) is 3.10. The summed E-state index contributed by atoms with van der Waals surface area (Å²) in [6.45, 7) is 4.88. The van der Waals surface area contributed by atoms with Crippen molar-refractivity contribution in [3.63, 3.8) is 0 Å². The second-order valence-electron chi connectivity index (χ2n) is 6.96. The molecular weight excluding hydrogens is 324 g/mol. The molecular formula is C19H27ClN2O2. The first kappa shape index (κ1) is 18.8. The lowest BCUT2D eigenvalue weighted by Crippen LogP contribution is -2.26. The van der Waals surface area contributed by atoms with Gasteiger partial charge in [-0.05, 0) is 43.4 Å². The Labute approximate surface area is 149 Å². The van der Waals surface area contributed by atoms with Gasteiger partial charge in [-0.1, -0.05) is 44.7 Å². The highest BCUT2D eigenvalue weighted by Gasteiger charge is 2.22. The van der Waals surface area contributed by atoms with E-state index in [-0.39, 0.29) is 17.7 Å². The Balaban J connectivity index is 1.99. The number of halogens is 1. The zero-order chi connectivity index (χ0) is 17.5. The lowest BCUT2D eigenvalue weighted by Gasteiger charge is -2.21. The average molecular weight is 351 g/mol. The highest BCUT2D eigenvalue weighted by atomic mass is 35.5. The van der Waals surface area contributed by atoms with Crippen molar-refractivity contribution >= 4 is 29.1 Å². The lowest BCUT2D eigenvalue weighted by molar-refractivity contribution is -0.120. The summed E-state index contributed by atoms with van der Waals surface area (Å²) < 4.78 is 0. The van der Waals surface area contributed by atoms with Crippen LogP contribution in [-0.4, -0.2) is 18.4 Å². The van der Waals surface area contributed by atoms with Gasteiger partial charge in [0.2, 0.25) is 5.91 Å². The lowest BCUT2D eigenvalue weighted by atomic mass is 9.88. The van der Waals surface area contributed by atoms with E-state index in [1.54, 1.807) is 18.2 Å². The molecule has 5 heteroatoms. The van der Waals surface area contributed by atoms with Crippen LogP contribution in [0, 0.1) is 11.8 Å². The van der Waals surface area contributed by atoms with E-state index in [1.165, 1.54) is 6.42 Å². The van der Waals surface area contributed by atoms with Gasteiger partial charge in [0.25, 0.3) is 5.91 Å². The monoisotopic (exact) mass is 350 g/mol. The number of benzene rings is 1. The first-order valence-electron chi connectivity index (χ1n) is 8.86. The predicted octanol–water partition coefficient (Wildman–Crippen LogP) is 4.63. The number of amides is 2. The molecule has 0 spiro atoms. The molecule has 2 N–H and O–H groups in total. The maximum absolute atomic E-state index is 12.4. The Hall–Kier alpha value is -1.55. The standard InChI is InChI=1S/C19H27ClN2O2/c1-13(2)10-11-21-18(23)15-8-9-16(20)17(12-15)22-19(24)14-6-4-3-5-7-14/h8-9,12-14H,3-7,10-11H2,1-2H3,(H,21,23)(H,22,24). The Morgan fingerprint density at radius 3 is 2.58 bits per heavy atom. The van der Waals surface area contributed by atoms with Gasteiger partial charge in [-0.25, -0.2) is 0 Å². The molecule has 24 heavy (non-hydrogen) atoms. The summed E-state index contributed by atoms with van der Waals surface area (Å²) in [5.74, 6) is 0.466. The van der Waals surface area contributed by atoms with Crippen LogP contribution < -0.4 is 10.6 Å². The van der Waals surface area contributed by atoms with Crippen molar-refractivity contribution in [1.82, 2.24) is 5.32 Å². The van der Waals surface area contributed by atoms with E-state index in [1.807, 2.05) is 0 Å². The first-order valence-corrected chi connectivity index (χ1v) is 9.23. The van der Waals surface area contributed by atoms with Crippen LogP contribution in [0.25, 0.3) is 0 Å². The smallest absolute Gasteiger partial charge is 0.251 e. The van der Waals surface area contributed by atoms with E-state index < -0.39 is 0 Å². The van der Waals surface area contributed by atoms with Gasteiger partial charge in [-0.15, -0.1) is 0 Å². The van der Waals surface area contributed by atoms with Crippen LogP contribution in [0.15, 0.2) is 18.2 Å². The number of anilines is 1. The van der Waals surface area contributed by atoms with E-state index in [9.17, 15) is 9.59 Å². The summed E-state index contributed by atoms with van der Waals surface area (Å²) in [6.07, 6.45) is 6.20. The maximum Gasteiger partial charge on any atom is 0.251 e. The fraction of sp³-hybridized carbons (Fsp3) is 0.579. The van der Waals surface area contributed by atoms with Crippen LogP contribution in [0.2, 0.25) is 5.02 Å². The van der Waals surface area contributed by atoms with Crippen LogP contribution in [-0.2, 0) is 4.79 Å². The molecule has 0 bridgehead atoms. The molecule has 0 saturated heterocycles. The Morgan fingerprint density at radius 2 is 1.92 bits per heavy atom. The molecule has 2 rings (SSSR count). The number of carbonyl (C=O) groups excluding carboxylic acids is 2. The van der Waals surface area contributed by atoms with Gasteiger partial charge in [0.05, 0.1) is 10.7 Å². The quantitative estimate of drug-likeness (QED) is 0.785. The summed E-state index contributed by atoms with van der Waals surface area (Å²) in [7, 11) is 0. The number of carbonyl (C=O) groups is 2. The summed E-state index contributed by atoms with van der Waals surface area (Å²) >= 11 is 6.18. The molecule has 132 valence electrons. The molecule has 0 atom stereocenters. The molecule has 1 aliphatic carbocycles. The Morgan fingerprint density at radius 1 is 1.21 bits per heavy atom. The van der Waals surface area contributed by atoms with Crippen LogP contribution in [0.3, 0.4) is 0 Å². The molecule has 1 aliphatic rings. The molecule has 1 aromatic carbocycles. The zero-order valence-corrected chi connectivity index (χ0v) is 15.3. The first-order chi connectivity index (χ1) is 11.5. The summed E-state index contributed by atoms with van der Waals surface area (Å²) in [5, 5.41) is 6.25. The van der Waals surface area contributed by atoms with Gasteiger partial charge in [0.15, 0.2) is 0 Å². The second kappa shape index (κ2) is 9.07. The SMILES string of the molecule is CC(C)CCNC(=O)c1ccc(Cl)c(NC(=O)C2CCCCC2)c1. The van der Waals surface area contributed by atoms with E-state index in [0.717, 1.165) is 32.1 Å². The third kappa shape index (κ3) is 5.52. The van der Waals surface area contributed by atoms with Crippen molar-refractivity contribution in [2.75, 3.05) is 11.9 Å². The van der Waals surface area contributed by atoms with Gasteiger partial charge in [-0.2, -0.15) is 0 Å². The van der Waals surface area contributed by atoms with Crippen LogP contribution >= 0.6 is 11.6 Å². The van der Waals surface area contributed by atoms with Crippen LogP contribution in [0.5, 0.6) is 0 Å². The van der Waals surface area contributed by atoms with E-state index in [0.29, 0.717) is 28.7 Å². The third-order valence-electron chi connectivity index (χ3n) is 4.47. The van der Waals surface area contributed by atoms with E-state index in [2.05, 4.69) is 24.5 Å². The normalized spacial score (nSPS) is 15.3. The predicted molar refractivity (Wildman–Crippen MR) is 98.4 cm³/mol. The van der Waals surface area contributed by atoms with Crippen molar-refractivity contribution in [3.8, 4) is 0 Å². The van der Waals surface area contributed by atoms with Crippen molar-refractivity contribution in [2.24, 2.45) is 11.8 Å². The van der Waals surface area contributed by atoms with Gasteiger partial charge in [-0.3, -0.25) is 9.59 Å². The second-order valence-corrected chi connectivity index (χ2v) is 7.36. The summed E-state index contributed by atoms with van der Waals surface area (Å²) in [5.41, 5.74) is 1.03. The largest absolute Gasteiger partial charge is 0.352 e. The van der Waals surface area contributed by atoms with E-state index >= 15 is 0 Å². The highest BCUT2D eigenvalue weighted by Crippen LogP contribution is 2.28. The molecule has 1 aromatic rings. The minimum atomic E-state index is -0.138. The zero-order valence-electron chi connectivity index (χ0n) is 14.5. The topological polar surface area (TPSA) is 58.2 Å². The minimum Gasteiger partial charge on any atom is -0.352 e. The van der Waals surface area contributed by atoms with E-state index in [4.69, 9.17) is 11.6 Å². The number of hydrogen-bond donors (Lipinski definition) is 2.